The zero-order chi connectivity index (χ0) is 17.1. The van der Waals surface area contributed by atoms with Crippen molar-refractivity contribution in [3.63, 3.8) is 0 Å². The minimum Gasteiger partial charge on any atom is -0.497 e. The Hall–Kier alpha value is -2.01. The van der Waals surface area contributed by atoms with Crippen LogP contribution in [0.1, 0.15) is 55.7 Å². The van der Waals surface area contributed by atoms with Crippen molar-refractivity contribution in [2.24, 2.45) is 0 Å². The number of ether oxygens (including phenoxy) is 2. The summed E-state index contributed by atoms with van der Waals surface area (Å²) in [6.07, 6.45) is 2.29. The molecule has 0 aliphatic carbocycles. The van der Waals surface area contributed by atoms with Gasteiger partial charge in [-0.05, 0) is 37.1 Å². The van der Waals surface area contributed by atoms with Gasteiger partial charge in [-0.2, -0.15) is 0 Å². The Labute approximate surface area is 143 Å². The standard InChI is InChI=1S/C19H26N2O3/c1-13(2)19-11-17(20-24-19)18-6-5-7-21(18)12-14-8-15(22-3)10-16(9-14)23-4/h8-11,13,18H,5-7,12H2,1-4H3/t18-/m1/s1. The van der Waals surface area contributed by atoms with E-state index in [9.17, 15) is 0 Å². The maximum atomic E-state index is 5.49. The molecule has 2 aromatic rings. The summed E-state index contributed by atoms with van der Waals surface area (Å²) in [7, 11) is 3.36. The minimum atomic E-state index is 0.318. The van der Waals surface area contributed by atoms with E-state index in [1.807, 2.05) is 6.07 Å². The number of rotatable bonds is 6. The third-order valence-electron chi connectivity index (χ3n) is 4.62. The Morgan fingerprint density at radius 3 is 2.46 bits per heavy atom. The molecule has 1 saturated heterocycles. The molecule has 0 bridgehead atoms. The quantitative estimate of drug-likeness (QED) is 0.796. The van der Waals surface area contributed by atoms with Crippen LogP contribution in [0.25, 0.3) is 0 Å². The van der Waals surface area contributed by atoms with Gasteiger partial charge in [0.1, 0.15) is 23.0 Å². The van der Waals surface area contributed by atoms with Crippen LogP contribution in [0.3, 0.4) is 0 Å². The largest absolute Gasteiger partial charge is 0.497 e. The number of benzene rings is 1. The highest BCUT2D eigenvalue weighted by atomic mass is 16.5. The van der Waals surface area contributed by atoms with Crippen LogP contribution >= 0.6 is 0 Å². The summed E-state index contributed by atoms with van der Waals surface area (Å²) in [5.41, 5.74) is 2.23. The molecule has 3 rings (SSSR count). The smallest absolute Gasteiger partial charge is 0.139 e. The van der Waals surface area contributed by atoms with Gasteiger partial charge >= 0.3 is 0 Å². The molecule has 5 heteroatoms. The predicted molar refractivity (Wildman–Crippen MR) is 92.5 cm³/mol. The summed E-state index contributed by atoms with van der Waals surface area (Å²) >= 11 is 0. The molecule has 1 aromatic heterocycles. The lowest BCUT2D eigenvalue weighted by Crippen LogP contribution is -2.23. The average molecular weight is 330 g/mol. The fourth-order valence-corrected chi connectivity index (χ4v) is 3.28. The summed E-state index contributed by atoms with van der Waals surface area (Å²) in [4.78, 5) is 2.45. The zero-order valence-corrected chi connectivity index (χ0v) is 14.9. The van der Waals surface area contributed by atoms with E-state index in [1.165, 1.54) is 12.0 Å². The van der Waals surface area contributed by atoms with Crippen molar-refractivity contribution in [3.8, 4) is 11.5 Å². The fourth-order valence-electron chi connectivity index (χ4n) is 3.28. The van der Waals surface area contributed by atoms with Crippen molar-refractivity contribution >= 4 is 0 Å². The summed E-state index contributed by atoms with van der Waals surface area (Å²) in [6, 6.07) is 8.47. The molecule has 1 aliphatic heterocycles. The summed E-state index contributed by atoms with van der Waals surface area (Å²) in [5.74, 6) is 2.97. The molecular formula is C19H26N2O3. The van der Waals surface area contributed by atoms with Crippen LogP contribution in [0.4, 0.5) is 0 Å². The van der Waals surface area contributed by atoms with Gasteiger partial charge in [0, 0.05) is 24.6 Å². The first-order valence-electron chi connectivity index (χ1n) is 8.53. The van der Waals surface area contributed by atoms with E-state index in [1.54, 1.807) is 14.2 Å². The minimum absolute atomic E-state index is 0.318. The lowest BCUT2D eigenvalue weighted by molar-refractivity contribution is 0.235. The third kappa shape index (κ3) is 3.56. The first-order chi connectivity index (χ1) is 11.6. The zero-order valence-electron chi connectivity index (χ0n) is 14.9. The van der Waals surface area contributed by atoms with Crippen LogP contribution in [0, 0.1) is 0 Å². The van der Waals surface area contributed by atoms with Crippen LogP contribution in [-0.2, 0) is 6.54 Å². The van der Waals surface area contributed by atoms with Gasteiger partial charge in [-0.1, -0.05) is 19.0 Å². The highest BCUT2D eigenvalue weighted by Gasteiger charge is 2.29. The van der Waals surface area contributed by atoms with Gasteiger partial charge in [0.15, 0.2) is 0 Å². The van der Waals surface area contributed by atoms with E-state index in [4.69, 9.17) is 14.0 Å². The van der Waals surface area contributed by atoms with E-state index in [-0.39, 0.29) is 0 Å². The van der Waals surface area contributed by atoms with Crippen molar-refractivity contribution < 1.29 is 14.0 Å². The fraction of sp³-hybridized carbons (Fsp3) is 0.526. The Balaban J connectivity index is 1.78. The molecule has 2 heterocycles. The number of aromatic nitrogens is 1. The first-order valence-corrected chi connectivity index (χ1v) is 8.53. The Kier molecular flexibility index (Phi) is 5.09. The second kappa shape index (κ2) is 7.26. The van der Waals surface area contributed by atoms with Gasteiger partial charge in [-0.3, -0.25) is 4.90 Å². The molecule has 1 aromatic carbocycles. The number of methoxy groups -OCH3 is 2. The van der Waals surface area contributed by atoms with E-state index >= 15 is 0 Å². The summed E-state index contributed by atoms with van der Waals surface area (Å²) in [6.45, 7) is 6.16. The Bertz CT molecular complexity index is 659. The Morgan fingerprint density at radius 1 is 1.17 bits per heavy atom. The van der Waals surface area contributed by atoms with Crippen molar-refractivity contribution in [3.05, 3.63) is 41.3 Å². The van der Waals surface area contributed by atoms with Gasteiger partial charge in [-0.25, -0.2) is 0 Å². The molecule has 130 valence electrons. The molecule has 24 heavy (non-hydrogen) atoms. The molecule has 0 spiro atoms. The van der Waals surface area contributed by atoms with Crippen LogP contribution in [0.5, 0.6) is 11.5 Å². The summed E-state index contributed by atoms with van der Waals surface area (Å²) in [5, 5.41) is 4.31. The molecule has 1 fully saturated rings. The highest BCUT2D eigenvalue weighted by molar-refractivity contribution is 5.38. The normalized spacial score (nSPS) is 18.3. The topological polar surface area (TPSA) is 47.7 Å². The van der Waals surface area contributed by atoms with E-state index < -0.39 is 0 Å². The van der Waals surface area contributed by atoms with Gasteiger partial charge in [-0.15, -0.1) is 0 Å². The average Bonchev–Trinajstić information content (AvgIpc) is 3.23. The number of likely N-dealkylation sites (tertiary alicyclic amines) is 1. The number of hydrogen-bond acceptors (Lipinski definition) is 5. The second-order valence-corrected chi connectivity index (χ2v) is 6.66. The van der Waals surface area contributed by atoms with Crippen molar-refractivity contribution in [1.29, 1.82) is 0 Å². The van der Waals surface area contributed by atoms with Crippen LogP contribution in [0.2, 0.25) is 0 Å². The maximum absolute atomic E-state index is 5.49. The van der Waals surface area contributed by atoms with Crippen LogP contribution in [-0.4, -0.2) is 30.8 Å². The van der Waals surface area contributed by atoms with E-state index in [0.717, 1.165) is 42.5 Å². The maximum Gasteiger partial charge on any atom is 0.139 e. The van der Waals surface area contributed by atoms with Gasteiger partial charge in [0.05, 0.1) is 20.3 Å². The second-order valence-electron chi connectivity index (χ2n) is 6.66. The van der Waals surface area contributed by atoms with Gasteiger partial charge in [0.25, 0.3) is 0 Å². The molecule has 0 N–H and O–H groups in total. The molecule has 5 nitrogen and oxygen atoms in total. The lowest BCUT2D eigenvalue weighted by Gasteiger charge is -2.23. The van der Waals surface area contributed by atoms with Gasteiger partial charge < -0.3 is 14.0 Å². The molecule has 0 radical (unpaired) electrons. The molecular weight excluding hydrogens is 304 g/mol. The molecule has 0 amide bonds. The molecule has 1 aliphatic rings. The molecule has 0 unspecified atom stereocenters. The van der Waals surface area contributed by atoms with Crippen LogP contribution in [0.15, 0.2) is 28.8 Å². The Morgan fingerprint density at radius 2 is 1.88 bits per heavy atom. The predicted octanol–water partition coefficient (Wildman–Crippen LogP) is 4.15. The SMILES string of the molecule is COc1cc(CN2CCC[C@@H]2c2cc(C(C)C)on2)cc(OC)c1. The van der Waals surface area contributed by atoms with Crippen molar-refractivity contribution in [1.82, 2.24) is 10.1 Å². The monoisotopic (exact) mass is 330 g/mol. The third-order valence-corrected chi connectivity index (χ3v) is 4.62. The molecule has 1 atom stereocenters. The van der Waals surface area contributed by atoms with E-state index in [2.05, 4.69) is 42.1 Å². The molecule has 0 saturated carbocycles. The van der Waals surface area contributed by atoms with Crippen molar-refractivity contribution in [2.75, 3.05) is 20.8 Å². The first kappa shape index (κ1) is 16.8. The number of nitrogens with zero attached hydrogens (tertiary/aromatic N) is 2. The highest BCUT2D eigenvalue weighted by Crippen LogP contribution is 2.34. The van der Waals surface area contributed by atoms with Crippen molar-refractivity contribution in [2.45, 2.75) is 45.2 Å². The van der Waals surface area contributed by atoms with Gasteiger partial charge in [0.2, 0.25) is 0 Å². The lowest BCUT2D eigenvalue weighted by atomic mass is 10.1. The van der Waals surface area contributed by atoms with Crippen LogP contribution < -0.4 is 9.47 Å². The summed E-state index contributed by atoms with van der Waals surface area (Å²) < 4.78 is 16.2. The number of hydrogen-bond donors (Lipinski definition) is 0. The van der Waals surface area contributed by atoms with E-state index in [0.29, 0.717) is 12.0 Å².